The molecule has 0 aliphatic heterocycles. The van der Waals surface area contributed by atoms with Crippen molar-refractivity contribution in [3.8, 4) is 0 Å². The summed E-state index contributed by atoms with van der Waals surface area (Å²) in [6, 6.07) is 5.48. The van der Waals surface area contributed by atoms with Crippen molar-refractivity contribution in [1.29, 1.82) is 0 Å². The van der Waals surface area contributed by atoms with Gasteiger partial charge < -0.3 is 10.2 Å². The average molecular weight is 406 g/mol. The zero-order chi connectivity index (χ0) is 9.14. The number of rotatable bonds is 2. The zero-order valence-corrected chi connectivity index (χ0v) is 12.4. The summed E-state index contributed by atoms with van der Waals surface area (Å²) in [5, 5.41) is 17.1. The van der Waals surface area contributed by atoms with E-state index in [2.05, 4.69) is 0 Å². The van der Waals surface area contributed by atoms with Crippen molar-refractivity contribution < 1.29 is 246 Å². The van der Waals surface area contributed by atoms with E-state index in [-0.39, 0.29) is 238 Å². The topological polar surface area (TPSA) is 74.6 Å². The Labute approximate surface area is 285 Å². The van der Waals surface area contributed by atoms with Crippen LogP contribution in [0.15, 0.2) is 24.3 Å². The van der Waals surface area contributed by atoms with E-state index in [4.69, 9.17) is 10.2 Å². The predicted molar refractivity (Wildman–Crippen MR) is 40.4 cm³/mol. The third-order valence-electron chi connectivity index (χ3n) is 1.39. The first-order valence-corrected chi connectivity index (χ1v) is 3.18. The molecule has 2 N–H and O–H groups in total. The van der Waals surface area contributed by atoms with Crippen LogP contribution in [0.5, 0.6) is 0 Å². The van der Waals surface area contributed by atoms with Crippen LogP contribution in [-0.4, -0.2) is 22.2 Å². The number of hydrogen-bond acceptors (Lipinski definition) is 2. The van der Waals surface area contributed by atoms with E-state index in [0.717, 1.165) is 0 Å². The van der Waals surface area contributed by atoms with Crippen LogP contribution in [0.2, 0.25) is 0 Å². The fraction of sp³-hybridized carbons (Fsp3) is 0. The van der Waals surface area contributed by atoms with E-state index in [1.54, 1.807) is 0 Å². The molecule has 0 aliphatic carbocycles. The van der Waals surface area contributed by atoms with Crippen LogP contribution in [0.3, 0.4) is 0 Å². The quantitative estimate of drug-likeness (QED) is 0.772. The first-order chi connectivity index (χ1) is 5.63. The second-order valence-corrected chi connectivity index (χ2v) is 2.16. The van der Waals surface area contributed by atoms with E-state index in [0.29, 0.717) is 0 Å². The fourth-order valence-corrected chi connectivity index (χ4v) is 0.856. The Bertz CT molecular complexity index is 313. The van der Waals surface area contributed by atoms with Crippen molar-refractivity contribution in [3.63, 3.8) is 0 Å². The molecule has 0 aliphatic rings. The minimum atomic E-state index is -1.23. The zero-order valence-electron chi connectivity index (χ0n) is 8.14. The maximum atomic E-state index is 10.5. The molecule has 0 radical (unpaired) electrons. The molecule has 0 bridgehead atoms. The molecule has 0 unspecified atom stereocenters. The molecule has 0 fully saturated rings. The van der Waals surface area contributed by atoms with Gasteiger partial charge in [0.25, 0.3) is 0 Å². The van der Waals surface area contributed by atoms with Crippen molar-refractivity contribution in [2.24, 2.45) is 0 Å². The molecular weight excluding hydrogens is 400 g/mol. The average Bonchev–Trinajstić information content (AvgIpc) is 2.04. The van der Waals surface area contributed by atoms with E-state index >= 15 is 0 Å². The van der Waals surface area contributed by atoms with Crippen LogP contribution in [-0.2, 0) is 0 Å². The second-order valence-electron chi connectivity index (χ2n) is 2.16. The van der Waals surface area contributed by atoms with Gasteiger partial charge in [0.05, 0.1) is 11.1 Å². The van der Waals surface area contributed by atoms with E-state index < -0.39 is 11.9 Å². The molecule has 1 rings (SSSR count). The van der Waals surface area contributed by atoms with Crippen LogP contribution in [0.1, 0.15) is 20.7 Å². The van der Waals surface area contributed by atoms with Crippen LogP contribution >= 0.6 is 0 Å². The standard InChI is InChI=1S/C8H6O4.6Ar/c9-7(10)5-3-1-2-4-6(5)8(11)12;;;;;;/h1-4H,(H,9,10)(H,11,12);;;;;;. The molecule has 18 heavy (non-hydrogen) atoms. The molecule has 0 amide bonds. The van der Waals surface area contributed by atoms with Crippen molar-refractivity contribution in [1.82, 2.24) is 0 Å². The number of aromatic carboxylic acids is 2. The Kier molecular flexibility index (Phi) is 49.2. The molecule has 0 saturated carbocycles. The summed E-state index contributed by atoms with van der Waals surface area (Å²) in [5.74, 6) is -2.46. The molecule has 0 aromatic heterocycles. The summed E-state index contributed by atoms with van der Waals surface area (Å²) in [6.07, 6.45) is 0. The Morgan fingerprint density at radius 2 is 0.889 bits per heavy atom. The van der Waals surface area contributed by atoms with Gasteiger partial charge >= 0.3 is 11.9 Å². The second kappa shape index (κ2) is 22.7. The fourth-order valence-electron chi connectivity index (χ4n) is 0.856. The van der Waals surface area contributed by atoms with Crippen molar-refractivity contribution in [2.45, 2.75) is 0 Å². The summed E-state index contributed by atoms with van der Waals surface area (Å²) in [7, 11) is 0. The molecule has 0 heterocycles. The summed E-state index contributed by atoms with van der Waals surface area (Å²) in [5.41, 5.74) is -0.380. The van der Waals surface area contributed by atoms with Crippen LogP contribution in [0.25, 0.3) is 0 Å². The van der Waals surface area contributed by atoms with Gasteiger partial charge in [0, 0.05) is 226 Å². The van der Waals surface area contributed by atoms with Crippen LogP contribution < -0.4 is 0 Å². The van der Waals surface area contributed by atoms with E-state index in [1.807, 2.05) is 0 Å². The van der Waals surface area contributed by atoms with Crippen molar-refractivity contribution in [2.75, 3.05) is 0 Å². The largest absolute Gasteiger partial charge is 0.478 e. The van der Waals surface area contributed by atoms with Gasteiger partial charge in [-0.2, -0.15) is 0 Å². The van der Waals surface area contributed by atoms with Crippen molar-refractivity contribution in [3.05, 3.63) is 35.4 Å². The van der Waals surface area contributed by atoms with Crippen LogP contribution in [0, 0.1) is 226 Å². The Morgan fingerprint density at radius 3 is 1.06 bits per heavy atom. The maximum Gasteiger partial charge on any atom is 0.336 e. The van der Waals surface area contributed by atoms with Gasteiger partial charge in [-0.25, -0.2) is 9.59 Å². The number of carboxylic acid groups (broad SMARTS) is 2. The van der Waals surface area contributed by atoms with E-state index in [1.165, 1.54) is 24.3 Å². The molecule has 4 nitrogen and oxygen atoms in total. The molecule has 1 aromatic carbocycles. The monoisotopic (exact) mass is 406 g/mol. The third-order valence-corrected chi connectivity index (χ3v) is 1.39. The first kappa shape index (κ1) is 39.0. The number of benzene rings is 1. The maximum absolute atomic E-state index is 10.5. The van der Waals surface area contributed by atoms with Gasteiger partial charge in [-0.3, -0.25) is 0 Å². The normalized spacial score (nSPS) is 6.22. The summed E-state index contributed by atoms with van der Waals surface area (Å²) in [6.45, 7) is 0. The summed E-state index contributed by atoms with van der Waals surface area (Å²) >= 11 is 0. The molecule has 110 valence electrons. The van der Waals surface area contributed by atoms with Crippen LogP contribution in [0.4, 0.5) is 0 Å². The predicted octanol–water partition coefficient (Wildman–Crippen LogP) is 1.08. The molecule has 1 aromatic rings. The van der Waals surface area contributed by atoms with Crippen molar-refractivity contribution >= 4 is 11.9 Å². The molecule has 0 spiro atoms. The smallest absolute Gasteiger partial charge is 0.336 e. The molecule has 0 saturated heterocycles. The first-order valence-electron chi connectivity index (χ1n) is 3.18. The van der Waals surface area contributed by atoms with E-state index in [9.17, 15) is 9.59 Å². The molecule has 10 heteroatoms. The van der Waals surface area contributed by atoms with Gasteiger partial charge in [0.15, 0.2) is 0 Å². The van der Waals surface area contributed by atoms with Gasteiger partial charge in [0.1, 0.15) is 0 Å². The summed E-state index contributed by atoms with van der Waals surface area (Å²) < 4.78 is 0. The Hall–Kier alpha value is 5.72. The minimum absolute atomic E-state index is 0. The van der Waals surface area contributed by atoms with Gasteiger partial charge in [-0.1, -0.05) is 12.1 Å². The van der Waals surface area contributed by atoms with Gasteiger partial charge in [-0.15, -0.1) is 0 Å². The number of hydrogen-bond donors (Lipinski definition) is 2. The minimum Gasteiger partial charge on any atom is -0.478 e. The number of carbonyl (C=O) groups is 2. The summed E-state index contributed by atoms with van der Waals surface area (Å²) in [4.78, 5) is 20.9. The molecular formula is C8H6Ar6O4. The van der Waals surface area contributed by atoms with Gasteiger partial charge in [-0.05, 0) is 12.1 Å². The Morgan fingerprint density at radius 1 is 0.667 bits per heavy atom. The Balaban J connectivity index is -0.0000000600. The van der Waals surface area contributed by atoms with Gasteiger partial charge in [0.2, 0.25) is 0 Å². The number of carboxylic acids is 2. The third kappa shape index (κ3) is 15.3. The SMILES string of the molecule is O=C(O)c1ccccc1C(=O)O.[Ar].[Ar].[Ar].[Ar].[Ar].[Ar]. The molecule has 0 atom stereocenters.